The Kier molecular flexibility index (Phi) is 4.83. The van der Waals surface area contributed by atoms with Crippen molar-refractivity contribution in [3.05, 3.63) is 41.0 Å². The van der Waals surface area contributed by atoms with Gasteiger partial charge in [-0.1, -0.05) is 19.1 Å². The van der Waals surface area contributed by atoms with E-state index in [0.29, 0.717) is 10.1 Å². The van der Waals surface area contributed by atoms with Crippen molar-refractivity contribution >= 4 is 11.8 Å². The third kappa shape index (κ3) is 3.22. The second-order valence-electron chi connectivity index (χ2n) is 4.66. The molecule has 1 N–H and O–H groups in total. The average Bonchev–Trinajstić information content (AvgIpc) is 2.71. The summed E-state index contributed by atoms with van der Waals surface area (Å²) in [5.41, 5.74) is 1.76. The van der Waals surface area contributed by atoms with Gasteiger partial charge in [0.25, 0.3) is 5.22 Å². The number of hydrogen-bond acceptors (Lipinski definition) is 4. The molecule has 0 aliphatic rings. The first-order valence-electron chi connectivity index (χ1n) is 6.66. The van der Waals surface area contributed by atoms with Gasteiger partial charge in [0.1, 0.15) is 11.6 Å². The van der Waals surface area contributed by atoms with E-state index < -0.39 is 0 Å². The Morgan fingerprint density at radius 2 is 2.15 bits per heavy atom. The van der Waals surface area contributed by atoms with Gasteiger partial charge in [0.2, 0.25) is 0 Å². The minimum atomic E-state index is -0.245. The Labute approximate surface area is 123 Å². The van der Waals surface area contributed by atoms with Crippen molar-refractivity contribution in [1.29, 1.82) is 0 Å². The summed E-state index contributed by atoms with van der Waals surface area (Å²) in [6.45, 7) is 8.62. The van der Waals surface area contributed by atoms with E-state index in [-0.39, 0.29) is 11.9 Å². The topological polar surface area (TPSA) is 38.1 Å². The van der Waals surface area contributed by atoms with Crippen LogP contribution in [-0.4, -0.2) is 11.5 Å². The van der Waals surface area contributed by atoms with Crippen LogP contribution in [0.5, 0.6) is 0 Å². The molecule has 0 aliphatic carbocycles. The first-order chi connectivity index (χ1) is 9.52. The highest BCUT2D eigenvalue weighted by Crippen LogP contribution is 2.35. The number of halogens is 1. The fraction of sp³-hybridized carbons (Fsp3) is 0.400. The van der Waals surface area contributed by atoms with Crippen LogP contribution in [0, 0.1) is 19.7 Å². The highest BCUT2D eigenvalue weighted by atomic mass is 32.2. The van der Waals surface area contributed by atoms with Crippen molar-refractivity contribution < 1.29 is 8.81 Å². The highest BCUT2D eigenvalue weighted by Gasteiger charge is 2.17. The van der Waals surface area contributed by atoms with Gasteiger partial charge in [-0.25, -0.2) is 9.37 Å². The van der Waals surface area contributed by atoms with Crippen molar-refractivity contribution in [2.75, 3.05) is 6.54 Å². The van der Waals surface area contributed by atoms with E-state index in [9.17, 15) is 4.39 Å². The maximum absolute atomic E-state index is 14.1. The summed E-state index contributed by atoms with van der Waals surface area (Å²) in [6.07, 6.45) is 0. The van der Waals surface area contributed by atoms with Crippen molar-refractivity contribution in [3.63, 3.8) is 0 Å². The summed E-state index contributed by atoms with van der Waals surface area (Å²) in [4.78, 5) is 4.87. The molecule has 0 saturated heterocycles. The summed E-state index contributed by atoms with van der Waals surface area (Å²) in [5.74, 6) is 0.524. The first kappa shape index (κ1) is 15.1. The molecule has 0 spiro atoms. The Morgan fingerprint density at radius 1 is 1.40 bits per heavy atom. The smallest absolute Gasteiger partial charge is 0.261 e. The fourth-order valence-corrected chi connectivity index (χ4v) is 3.02. The third-order valence-electron chi connectivity index (χ3n) is 3.17. The van der Waals surface area contributed by atoms with E-state index >= 15 is 0 Å². The standard InChI is InChI=1S/C15H19FN2OS/c1-5-17-10(3)12-7-6-8-13(16)14(12)20-15-18-9(2)11(4)19-15/h6-8,10,17H,5H2,1-4H3. The summed E-state index contributed by atoms with van der Waals surface area (Å²) in [6, 6.07) is 5.21. The molecule has 0 aliphatic heterocycles. The molecule has 5 heteroatoms. The van der Waals surface area contributed by atoms with Crippen LogP contribution in [0.3, 0.4) is 0 Å². The molecule has 1 aromatic heterocycles. The molecule has 0 saturated carbocycles. The number of benzene rings is 1. The van der Waals surface area contributed by atoms with Gasteiger partial charge in [0.15, 0.2) is 0 Å². The number of nitrogens with zero attached hydrogens (tertiary/aromatic N) is 1. The highest BCUT2D eigenvalue weighted by molar-refractivity contribution is 7.99. The Balaban J connectivity index is 2.34. The van der Waals surface area contributed by atoms with Crippen molar-refractivity contribution in [2.45, 2.75) is 43.9 Å². The summed E-state index contributed by atoms with van der Waals surface area (Å²) < 4.78 is 19.7. The van der Waals surface area contributed by atoms with Gasteiger partial charge in [-0.15, -0.1) is 0 Å². The molecule has 2 rings (SSSR count). The van der Waals surface area contributed by atoms with Crippen molar-refractivity contribution in [3.8, 4) is 0 Å². The average molecular weight is 294 g/mol. The van der Waals surface area contributed by atoms with Crippen molar-refractivity contribution in [2.24, 2.45) is 0 Å². The van der Waals surface area contributed by atoms with E-state index in [0.717, 1.165) is 23.6 Å². The molecule has 1 unspecified atom stereocenters. The summed E-state index contributed by atoms with van der Waals surface area (Å²) >= 11 is 1.24. The number of rotatable bonds is 5. The largest absolute Gasteiger partial charge is 0.436 e. The SMILES string of the molecule is CCNC(C)c1cccc(F)c1Sc1nc(C)c(C)o1. The van der Waals surface area contributed by atoms with Crippen LogP contribution in [0.2, 0.25) is 0 Å². The van der Waals surface area contributed by atoms with Crippen LogP contribution in [0.15, 0.2) is 32.7 Å². The fourth-order valence-electron chi connectivity index (χ4n) is 1.96. The number of nitrogens with one attached hydrogen (secondary N) is 1. The maximum atomic E-state index is 14.1. The number of aryl methyl sites for hydroxylation is 2. The van der Waals surface area contributed by atoms with E-state index in [1.54, 1.807) is 6.07 Å². The zero-order valence-electron chi connectivity index (χ0n) is 12.2. The first-order valence-corrected chi connectivity index (χ1v) is 7.48. The third-order valence-corrected chi connectivity index (χ3v) is 4.16. The normalized spacial score (nSPS) is 12.7. The van der Waals surface area contributed by atoms with Gasteiger partial charge in [-0.3, -0.25) is 0 Å². The molecule has 0 fully saturated rings. The molecule has 0 amide bonds. The molecule has 3 nitrogen and oxygen atoms in total. The quantitative estimate of drug-likeness (QED) is 0.894. The molecule has 0 bridgehead atoms. The van der Waals surface area contributed by atoms with Gasteiger partial charge in [0.05, 0.1) is 10.6 Å². The minimum absolute atomic E-state index is 0.0790. The summed E-state index contributed by atoms with van der Waals surface area (Å²) in [5, 5.41) is 3.78. The monoisotopic (exact) mass is 294 g/mol. The second kappa shape index (κ2) is 6.41. The predicted octanol–water partition coefficient (Wildman–Crippen LogP) is 4.25. The molecule has 108 valence electrons. The molecule has 1 heterocycles. The van der Waals surface area contributed by atoms with Crippen molar-refractivity contribution in [1.82, 2.24) is 10.3 Å². The molecule has 2 aromatic rings. The lowest BCUT2D eigenvalue weighted by molar-refractivity contribution is 0.430. The Morgan fingerprint density at radius 3 is 2.75 bits per heavy atom. The van der Waals surface area contributed by atoms with Crippen LogP contribution in [0.1, 0.15) is 36.9 Å². The lowest BCUT2D eigenvalue weighted by atomic mass is 10.1. The van der Waals surface area contributed by atoms with Gasteiger partial charge in [-0.2, -0.15) is 0 Å². The van der Waals surface area contributed by atoms with Crippen LogP contribution in [0.4, 0.5) is 4.39 Å². The van der Waals surface area contributed by atoms with Gasteiger partial charge < -0.3 is 9.73 Å². The van der Waals surface area contributed by atoms with Gasteiger partial charge in [0, 0.05) is 6.04 Å². The lowest BCUT2D eigenvalue weighted by Gasteiger charge is -2.16. The van der Waals surface area contributed by atoms with Crippen LogP contribution in [-0.2, 0) is 0 Å². The second-order valence-corrected chi connectivity index (χ2v) is 5.62. The Hall–Kier alpha value is -1.33. The van der Waals surface area contributed by atoms with Crippen LogP contribution < -0.4 is 5.32 Å². The lowest BCUT2D eigenvalue weighted by Crippen LogP contribution is -2.18. The van der Waals surface area contributed by atoms with Crippen LogP contribution in [0.25, 0.3) is 0 Å². The summed E-state index contributed by atoms with van der Waals surface area (Å²) in [7, 11) is 0. The van der Waals surface area contributed by atoms with E-state index in [1.807, 2.05) is 33.8 Å². The van der Waals surface area contributed by atoms with Gasteiger partial charge >= 0.3 is 0 Å². The number of hydrogen-bond donors (Lipinski definition) is 1. The van der Waals surface area contributed by atoms with Crippen LogP contribution >= 0.6 is 11.8 Å². The van der Waals surface area contributed by atoms with Gasteiger partial charge in [-0.05, 0) is 50.7 Å². The maximum Gasteiger partial charge on any atom is 0.261 e. The van der Waals surface area contributed by atoms with E-state index in [1.165, 1.54) is 17.8 Å². The molecular formula is C15H19FN2OS. The van der Waals surface area contributed by atoms with E-state index in [4.69, 9.17) is 4.42 Å². The zero-order chi connectivity index (χ0) is 14.7. The Bertz CT molecular complexity index is 578. The molecule has 1 aromatic carbocycles. The molecular weight excluding hydrogens is 275 g/mol. The number of oxazole rings is 1. The molecule has 1 atom stereocenters. The minimum Gasteiger partial charge on any atom is -0.436 e. The predicted molar refractivity (Wildman–Crippen MR) is 78.6 cm³/mol. The molecule has 20 heavy (non-hydrogen) atoms. The molecule has 0 radical (unpaired) electrons. The number of aromatic nitrogens is 1. The zero-order valence-corrected chi connectivity index (χ0v) is 13.0. The van der Waals surface area contributed by atoms with E-state index in [2.05, 4.69) is 10.3 Å².